The monoisotopic (exact) mass is 797 g/mol. The van der Waals surface area contributed by atoms with E-state index in [1.54, 1.807) is 40.7 Å². The number of nitrogens with zero attached hydrogens (tertiary/aromatic N) is 4. The average molecular weight is 798 g/mol. The van der Waals surface area contributed by atoms with Gasteiger partial charge in [0.05, 0.1) is 17.6 Å². The molecule has 1 saturated carbocycles. The number of aromatic nitrogens is 2. The van der Waals surface area contributed by atoms with Gasteiger partial charge >= 0.3 is 22.5 Å². The number of carbonyl (C=O) groups excluding carboxylic acids is 4. The lowest BCUT2D eigenvalue weighted by Crippen LogP contribution is -2.58. The molecule has 2 aromatic rings. The fourth-order valence-corrected chi connectivity index (χ4v) is 7.57. The highest BCUT2D eigenvalue weighted by Gasteiger charge is 2.62. The van der Waals surface area contributed by atoms with E-state index in [4.69, 9.17) is 9.47 Å². The van der Waals surface area contributed by atoms with Gasteiger partial charge in [-0.15, -0.1) is 0 Å². The molecule has 2 fully saturated rings. The number of carbonyl (C=O) groups is 4. The lowest BCUT2D eigenvalue weighted by Gasteiger charge is -2.30. The summed E-state index contributed by atoms with van der Waals surface area (Å²) in [4.78, 5) is 60.8. The van der Waals surface area contributed by atoms with Crippen LogP contribution in [-0.2, 0) is 35.5 Å². The van der Waals surface area contributed by atoms with Crippen LogP contribution in [0.4, 0.5) is 18.0 Å². The Bertz CT molecular complexity index is 1940. The Hall–Kier alpha value is -4.39. The number of imidazole rings is 1. The van der Waals surface area contributed by atoms with Gasteiger partial charge in [0.2, 0.25) is 11.8 Å². The fraction of sp³-hybridized carbons (Fsp3) is 0.639. The highest BCUT2D eigenvalue weighted by atomic mass is 32.2. The smallest absolute Gasteiger partial charge is 0.418 e. The maximum atomic E-state index is 14.4. The summed E-state index contributed by atoms with van der Waals surface area (Å²) in [7, 11) is -1.75. The van der Waals surface area contributed by atoms with Crippen LogP contribution in [0.15, 0.2) is 30.4 Å². The molecule has 0 radical (unpaired) electrons. The number of halogens is 3. The van der Waals surface area contributed by atoms with E-state index in [0.29, 0.717) is 25.7 Å². The first-order chi connectivity index (χ1) is 25.5. The molecule has 304 valence electrons. The van der Waals surface area contributed by atoms with Gasteiger partial charge in [-0.2, -0.15) is 30.9 Å². The van der Waals surface area contributed by atoms with Crippen LogP contribution in [-0.4, -0.2) is 101 Å². The van der Waals surface area contributed by atoms with Gasteiger partial charge in [0, 0.05) is 32.5 Å². The molecular formula is C36H50F3N7O8S. The van der Waals surface area contributed by atoms with Crippen molar-refractivity contribution >= 4 is 45.1 Å². The number of nitrogens with one attached hydrogen (secondary N) is 3. The van der Waals surface area contributed by atoms with E-state index in [2.05, 4.69) is 15.6 Å². The highest BCUT2D eigenvalue weighted by Crippen LogP contribution is 2.46. The predicted molar refractivity (Wildman–Crippen MR) is 195 cm³/mol. The topological polar surface area (TPSA) is 181 Å². The number of rotatable bonds is 7. The molecule has 3 aliphatic rings. The Morgan fingerprint density at radius 2 is 1.82 bits per heavy atom. The summed E-state index contributed by atoms with van der Waals surface area (Å²) in [6.07, 6.45) is -0.210. The van der Waals surface area contributed by atoms with Crippen LogP contribution in [0.5, 0.6) is 6.01 Å². The third-order valence-electron chi connectivity index (χ3n) is 9.82. The van der Waals surface area contributed by atoms with Crippen LogP contribution in [0.1, 0.15) is 91.2 Å². The molecule has 1 aromatic heterocycles. The van der Waals surface area contributed by atoms with Crippen LogP contribution in [0.2, 0.25) is 0 Å². The van der Waals surface area contributed by atoms with E-state index < -0.39 is 87.1 Å². The molecule has 1 aromatic carbocycles. The maximum Gasteiger partial charge on any atom is 0.418 e. The van der Waals surface area contributed by atoms with E-state index in [1.165, 1.54) is 35.7 Å². The van der Waals surface area contributed by atoms with Crippen molar-refractivity contribution in [1.29, 1.82) is 0 Å². The molecule has 1 aliphatic carbocycles. The van der Waals surface area contributed by atoms with E-state index in [0.717, 1.165) is 10.4 Å². The summed E-state index contributed by atoms with van der Waals surface area (Å²) in [5, 5.41) is 5.40. The molecule has 55 heavy (non-hydrogen) atoms. The van der Waals surface area contributed by atoms with Gasteiger partial charge < -0.3 is 25.0 Å². The highest BCUT2D eigenvalue weighted by molar-refractivity contribution is 7.87. The minimum atomic E-state index is -4.70. The molecule has 3 heterocycles. The van der Waals surface area contributed by atoms with Crippen molar-refractivity contribution in [3.05, 3.63) is 35.9 Å². The summed E-state index contributed by atoms with van der Waals surface area (Å²) in [6.45, 7) is 8.28. The zero-order chi connectivity index (χ0) is 40.7. The maximum absolute atomic E-state index is 14.4. The van der Waals surface area contributed by atoms with E-state index in [1.807, 2.05) is 10.8 Å². The summed E-state index contributed by atoms with van der Waals surface area (Å²) in [5.74, 6) is -2.92. The quantitative estimate of drug-likeness (QED) is 0.346. The summed E-state index contributed by atoms with van der Waals surface area (Å²) in [6, 6.07) is 0.714. The molecule has 0 bridgehead atoms. The number of alkyl carbamates (subject to hydrolysis) is 1. The minimum Gasteiger partial charge on any atom is -0.459 e. The molecule has 15 nitrogen and oxygen atoms in total. The van der Waals surface area contributed by atoms with Gasteiger partial charge in [-0.25, -0.2) is 9.52 Å². The summed E-state index contributed by atoms with van der Waals surface area (Å²) in [5.41, 5.74) is -3.63. The number of fused-ring (bicyclic) bond motifs is 3. The van der Waals surface area contributed by atoms with Gasteiger partial charge in [-0.1, -0.05) is 31.1 Å². The molecule has 4 amide bonds. The molecule has 19 heteroatoms. The van der Waals surface area contributed by atoms with Crippen molar-refractivity contribution < 1.29 is 50.2 Å². The second-order valence-corrected chi connectivity index (χ2v) is 17.7. The Morgan fingerprint density at radius 1 is 1.11 bits per heavy atom. The first kappa shape index (κ1) is 41.8. The first-order valence-electron chi connectivity index (χ1n) is 18.3. The standard InChI is InChI=1S/C36H50F3N7O8S/c1-21(2)46-26-17-13-15-24(36(37,38)39)28(26)41-32(46)53-23-18-27-29(47)42-35(31(49)43-55(51,52)44(6)7)19-22(35)14-11-9-8-10-12-16-25(30(48)45(27)20-23)40-33(50)54-34(3,4)5/h11,13-15,17,21-23,25,27H,8-10,12,16,18-20H2,1-7H3,(H,40,50)(H,42,47)(H,43,49)/b14-11-/t22-,23-,25+,27+,35-/m1/s1. The third kappa shape index (κ3) is 9.36. The van der Waals surface area contributed by atoms with Gasteiger partial charge in [0.1, 0.15) is 34.8 Å². The number of ether oxygens (including phenoxy) is 2. The summed E-state index contributed by atoms with van der Waals surface area (Å²) >= 11 is 0. The SMILES string of the molecule is CC(C)n1c(O[C@@H]2C[C@H]3C(=O)N[C@]4(C(=O)NS(=O)(=O)N(C)C)C[C@H]4/C=C\CCCCC[C@H](NC(=O)OC(C)(C)C)C(=O)N3C2)nc2c(C(F)(F)F)cccc21. The second kappa shape index (κ2) is 15.6. The number of benzene rings is 1. The van der Waals surface area contributed by atoms with Crippen molar-refractivity contribution in [2.45, 2.75) is 121 Å². The largest absolute Gasteiger partial charge is 0.459 e. The molecule has 1 saturated heterocycles. The molecule has 2 aliphatic heterocycles. The van der Waals surface area contributed by atoms with Crippen molar-refractivity contribution in [1.82, 2.24) is 34.1 Å². The Balaban J connectivity index is 1.52. The number of hydrogen-bond acceptors (Lipinski definition) is 9. The van der Waals surface area contributed by atoms with Gasteiger partial charge in [-0.3, -0.25) is 19.0 Å². The molecule has 3 N–H and O–H groups in total. The van der Waals surface area contributed by atoms with Crippen molar-refractivity contribution in [3.63, 3.8) is 0 Å². The van der Waals surface area contributed by atoms with Crippen LogP contribution in [0, 0.1) is 5.92 Å². The van der Waals surface area contributed by atoms with Crippen LogP contribution in [0.25, 0.3) is 11.0 Å². The average Bonchev–Trinajstić information content (AvgIpc) is 3.38. The Kier molecular flexibility index (Phi) is 11.9. The fourth-order valence-electron chi connectivity index (χ4n) is 6.97. The number of para-hydroxylation sites is 1. The summed E-state index contributed by atoms with van der Waals surface area (Å²) < 4.78 is 83.4. The van der Waals surface area contributed by atoms with E-state index >= 15 is 0 Å². The minimum absolute atomic E-state index is 0.0907. The van der Waals surface area contributed by atoms with Crippen LogP contribution >= 0.6 is 0 Å². The molecule has 5 rings (SSSR count). The second-order valence-electron chi connectivity index (χ2n) is 15.8. The van der Waals surface area contributed by atoms with Crippen LogP contribution in [0.3, 0.4) is 0 Å². The molecule has 5 atom stereocenters. The van der Waals surface area contributed by atoms with E-state index in [9.17, 15) is 40.8 Å². The zero-order valence-electron chi connectivity index (χ0n) is 32.0. The zero-order valence-corrected chi connectivity index (χ0v) is 32.8. The van der Waals surface area contributed by atoms with Gasteiger partial charge in [0.15, 0.2) is 0 Å². The number of hydrogen-bond donors (Lipinski definition) is 3. The first-order valence-corrected chi connectivity index (χ1v) is 19.8. The van der Waals surface area contributed by atoms with Gasteiger partial charge in [-0.05, 0) is 72.4 Å². The molecule has 0 spiro atoms. The number of allylic oxidation sites excluding steroid dienone is 1. The van der Waals surface area contributed by atoms with Crippen molar-refractivity contribution in [3.8, 4) is 6.01 Å². The Morgan fingerprint density at radius 3 is 2.45 bits per heavy atom. The third-order valence-corrected chi connectivity index (χ3v) is 11.2. The number of amides is 4. The van der Waals surface area contributed by atoms with E-state index in [-0.39, 0.29) is 42.9 Å². The van der Waals surface area contributed by atoms with Gasteiger partial charge in [0.25, 0.3) is 11.9 Å². The molecule has 0 unspecified atom stereocenters. The van der Waals surface area contributed by atoms with Crippen LogP contribution < -0.4 is 20.1 Å². The number of alkyl halides is 3. The Labute approximate surface area is 318 Å². The van der Waals surface area contributed by atoms with Crippen molar-refractivity contribution in [2.75, 3.05) is 20.6 Å². The molecular weight excluding hydrogens is 747 g/mol. The predicted octanol–water partition coefficient (Wildman–Crippen LogP) is 4.20. The lowest BCUT2D eigenvalue weighted by molar-refractivity contribution is -0.141. The lowest BCUT2D eigenvalue weighted by atomic mass is 10.0. The normalized spacial score (nSPS) is 26.1. The van der Waals surface area contributed by atoms with Crippen molar-refractivity contribution in [2.24, 2.45) is 5.92 Å².